The number of hydrogen-bond acceptors (Lipinski definition) is 5. The quantitative estimate of drug-likeness (QED) is 0.680. The predicted octanol–water partition coefficient (Wildman–Crippen LogP) is 2.70. The maximum Gasteiger partial charge on any atom is 0.270 e. The van der Waals surface area contributed by atoms with Crippen molar-refractivity contribution in [2.75, 3.05) is 5.73 Å². The lowest BCUT2D eigenvalue weighted by molar-refractivity contribution is -0.384. The molecule has 0 aliphatic rings. The molecule has 0 saturated heterocycles. The fourth-order valence-electron chi connectivity index (χ4n) is 1.47. The Morgan fingerprint density at radius 3 is 2.72 bits per heavy atom. The lowest BCUT2D eigenvalue weighted by atomic mass is 10.2. The molecule has 18 heavy (non-hydrogen) atoms. The summed E-state index contributed by atoms with van der Waals surface area (Å²) in [6.07, 6.45) is 0. The number of nitrogen functional groups attached to an aromatic ring is 1. The van der Waals surface area contributed by atoms with E-state index in [2.05, 4.69) is 25.9 Å². The highest BCUT2D eigenvalue weighted by molar-refractivity contribution is 9.10. The van der Waals surface area contributed by atoms with Gasteiger partial charge < -0.3 is 5.73 Å². The molecule has 0 spiro atoms. The molecule has 0 unspecified atom stereocenters. The summed E-state index contributed by atoms with van der Waals surface area (Å²) in [5.74, 6) is 0.681. The van der Waals surface area contributed by atoms with Gasteiger partial charge in [-0.05, 0) is 22.9 Å². The minimum Gasteiger partial charge on any atom is -0.383 e. The monoisotopic (exact) mass is 308 g/mol. The minimum absolute atomic E-state index is 0.00440. The van der Waals surface area contributed by atoms with E-state index in [9.17, 15) is 10.1 Å². The first-order valence-electron chi connectivity index (χ1n) is 5.03. The van der Waals surface area contributed by atoms with Crippen LogP contribution in [0.2, 0.25) is 0 Å². The van der Waals surface area contributed by atoms with Gasteiger partial charge in [0.25, 0.3) is 5.69 Å². The van der Waals surface area contributed by atoms with E-state index in [1.54, 1.807) is 19.1 Å². The lowest BCUT2D eigenvalue weighted by Crippen LogP contribution is -2.00. The van der Waals surface area contributed by atoms with Crippen molar-refractivity contribution < 1.29 is 4.92 Å². The Balaban J connectivity index is 2.55. The Bertz CT molecular complexity index is 607. The van der Waals surface area contributed by atoms with Crippen molar-refractivity contribution in [2.45, 2.75) is 6.92 Å². The molecule has 1 aromatic carbocycles. The number of anilines is 1. The fourth-order valence-corrected chi connectivity index (χ4v) is 1.65. The number of halogens is 1. The first-order valence-corrected chi connectivity index (χ1v) is 5.83. The molecule has 0 aliphatic heterocycles. The van der Waals surface area contributed by atoms with Crippen LogP contribution in [0.3, 0.4) is 0 Å². The maximum atomic E-state index is 10.7. The molecule has 0 saturated carbocycles. The van der Waals surface area contributed by atoms with Crippen molar-refractivity contribution in [3.8, 4) is 11.4 Å². The van der Waals surface area contributed by atoms with E-state index in [1.807, 2.05) is 0 Å². The summed E-state index contributed by atoms with van der Waals surface area (Å²) in [7, 11) is 0. The van der Waals surface area contributed by atoms with Crippen LogP contribution in [0, 0.1) is 17.0 Å². The molecule has 0 fully saturated rings. The predicted molar refractivity (Wildman–Crippen MR) is 71.0 cm³/mol. The molecule has 0 amide bonds. The van der Waals surface area contributed by atoms with Gasteiger partial charge in [-0.3, -0.25) is 10.1 Å². The molecular weight excluding hydrogens is 300 g/mol. The first kappa shape index (κ1) is 12.4. The zero-order valence-corrected chi connectivity index (χ0v) is 11.0. The molecule has 1 heterocycles. The van der Waals surface area contributed by atoms with Crippen LogP contribution >= 0.6 is 15.9 Å². The normalized spacial score (nSPS) is 10.3. The van der Waals surface area contributed by atoms with E-state index < -0.39 is 4.92 Å². The lowest BCUT2D eigenvalue weighted by Gasteiger charge is -2.05. The third-order valence-corrected chi connectivity index (χ3v) is 3.34. The number of nitrogens with zero attached hydrogens (tertiary/aromatic N) is 3. The molecule has 7 heteroatoms. The Morgan fingerprint density at radius 1 is 1.39 bits per heavy atom. The topological polar surface area (TPSA) is 94.9 Å². The van der Waals surface area contributed by atoms with Gasteiger partial charge in [-0.2, -0.15) is 0 Å². The molecule has 0 bridgehead atoms. The molecule has 2 aromatic rings. The fraction of sp³-hybridized carbons (Fsp3) is 0.0909. The smallest absolute Gasteiger partial charge is 0.270 e. The van der Waals surface area contributed by atoms with Crippen LogP contribution in [0.4, 0.5) is 11.5 Å². The zero-order chi connectivity index (χ0) is 13.3. The maximum absolute atomic E-state index is 10.7. The summed E-state index contributed by atoms with van der Waals surface area (Å²) in [6, 6.07) is 6.13. The Hall–Kier alpha value is -2.02. The third-order valence-electron chi connectivity index (χ3n) is 2.36. The van der Waals surface area contributed by atoms with Crippen molar-refractivity contribution in [1.82, 2.24) is 9.97 Å². The molecule has 0 atom stereocenters. The number of aryl methyl sites for hydroxylation is 1. The summed E-state index contributed by atoms with van der Waals surface area (Å²) in [4.78, 5) is 18.6. The summed E-state index contributed by atoms with van der Waals surface area (Å²) in [5, 5.41) is 10.7. The number of rotatable bonds is 2. The number of nitro groups is 1. The number of non-ortho nitro benzene ring substituents is 1. The standard InChI is InChI=1S/C11H9BrN4O2/c1-6-9(12)10(13)15-11(14-6)7-3-2-4-8(5-7)16(17)18/h2-5H,1H3,(H2,13,14,15). The molecule has 2 rings (SSSR count). The molecular formula is C11H9BrN4O2. The van der Waals surface area contributed by atoms with Crippen LogP contribution in [0.15, 0.2) is 28.7 Å². The van der Waals surface area contributed by atoms with E-state index in [0.29, 0.717) is 27.4 Å². The molecule has 1 aromatic heterocycles. The van der Waals surface area contributed by atoms with Crippen molar-refractivity contribution in [3.63, 3.8) is 0 Å². The molecule has 92 valence electrons. The van der Waals surface area contributed by atoms with E-state index >= 15 is 0 Å². The van der Waals surface area contributed by atoms with Crippen LogP contribution in [0.1, 0.15) is 5.69 Å². The van der Waals surface area contributed by atoms with Gasteiger partial charge >= 0.3 is 0 Å². The van der Waals surface area contributed by atoms with Crippen molar-refractivity contribution in [3.05, 3.63) is 44.5 Å². The number of nitro benzene ring substituents is 1. The van der Waals surface area contributed by atoms with E-state index in [4.69, 9.17) is 5.73 Å². The number of nitrogens with two attached hydrogens (primary N) is 1. The van der Waals surface area contributed by atoms with E-state index in [-0.39, 0.29) is 5.69 Å². The van der Waals surface area contributed by atoms with Crippen molar-refractivity contribution in [1.29, 1.82) is 0 Å². The summed E-state index contributed by atoms with van der Waals surface area (Å²) < 4.78 is 0.636. The average molecular weight is 309 g/mol. The molecule has 6 nitrogen and oxygen atoms in total. The Kier molecular flexibility index (Phi) is 3.24. The molecule has 0 aliphatic carbocycles. The summed E-state index contributed by atoms with van der Waals surface area (Å²) >= 11 is 3.27. The second-order valence-electron chi connectivity index (χ2n) is 3.64. The number of aromatic nitrogens is 2. The summed E-state index contributed by atoms with van der Waals surface area (Å²) in [5.41, 5.74) is 6.97. The third kappa shape index (κ3) is 2.30. The molecule has 2 N–H and O–H groups in total. The van der Waals surface area contributed by atoms with Gasteiger partial charge in [0.2, 0.25) is 0 Å². The average Bonchev–Trinajstić information content (AvgIpc) is 2.35. The minimum atomic E-state index is -0.460. The van der Waals surface area contributed by atoms with Crippen molar-refractivity contribution >= 4 is 27.4 Å². The Labute approximate surface area is 111 Å². The van der Waals surface area contributed by atoms with Gasteiger partial charge in [-0.25, -0.2) is 9.97 Å². The SMILES string of the molecule is Cc1nc(-c2cccc([N+](=O)[O-])c2)nc(N)c1Br. The highest BCUT2D eigenvalue weighted by Gasteiger charge is 2.11. The van der Waals surface area contributed by atoms with Crippen LogP contribution in [-0.4, -0.2) is 14.9 Å². The van der Waals surface area contributed by atoms with E-state index in [0.717, 1.165) is 0 Å². The van der Waals surface area contributed by atoms with Crippen molar-refractivity contribution in [2.24, 2.45) is 0 Å². The summed E-state index contributed by atoms with van der Waals surface area (Å²) in [6.45, 7) is 1.78. The van der Waals surface area contributed by atoms with Gasteiger partial charge in [0.15, 0.2) is 5.82 Å². The van der Waals surface area contributed by atoms with Gasteiger partial charge in [0.05, 0.1) is 15.1 Å². The van der Waals surface area contributed by atoms with Gasteiger partial charge in [-0.15, -0.1) is 0 Å². The number of benzene rings is 1. The number of hydrogen-bond donors (Lipinski definition) is 1. The second kappa shape index (κ2) is 4.69. The largest absolute Gasteiger partial charge is 0.383 e. The first-order chi connectivity index (χ1) is 8.49. The highest BCUT2D eigenvalue weighted by Crippen LogP contribution is 2.26. The van der Waals surface area contributed by atoms with Gasteiger partial charge in [0, 0.05) is 17.7 Å². The molecule has 0 radical (unpaired) electrons. The van der Waals surface area contributed by atoms with Crippen LogP contribution in [0.5, 0.6) is 0 Å². The second-order valence-corrected chi connectivity index (χ2v) is 4.43. The van der Waals surface area contributed by atoms with Gasteiger partial charge in [-0.1, -0.05) is 12.1 Å². The van der Waals surface area contributed by atoms with Crippen LogP contribution < -0.4 is 5.73 Å². The van der Waals surface area contributed by atoms with Crippen LogP contribution in [0.25, 0.3) is 11.4 Å². The van der Waals surface area contributed by atoms with Crippen LogP contribution in [-0.2, 0) is 0 Å². The van der Waals surface area contributed by atoms with E-state index in [1.165, 1.54) is 12.1 Å². The van der Waals surface area contributed by atoms with Gasteiger partial charge in [0.1, 0.15) is 5.82 Å². The zero-order valence-electron chi connectivity index (χ0n) is 9.42. The highest BCUT2D eigenvalue weighted by atomic mass is 79.9. The Morgan fingerprint density at radius 2 is 2.11 bits per heavy atom.